The van der Waals surface area contributed by atoms with Crippen molar-refractivity contribution < 1.29 is 138 Å². The van der Waals surface area contributed by atoms with Crippen LogP contribution < -0.4 is 114 Å². The van der Waals surface area contributed by atoms with Gasteiger partial charge in [-0.25, -0.2) is 16.8 Å². The topological polar surface area (TPSA) is 201 Å². The molecule has 0 bridgehead atoms. The molecular formula is C14H8K2N2O8S2. The molecule has 0 saturated heterocycles. The number of carbonyl (C=O) groups is 2. The Morgan fingerprint density at radius 1 is 0.679 bits per heavy atom. The number of hydrogen-bond acceptors (Lipinski definition) is 10. The Kier molecular flexibility index (Phi) is 8.44. The van der Waals surface area contributed by atoms with E-state index in [4.69, 9.17) is 11.5 Å². The van der Waals surface area contributed by atoms with Crippen LogP contribution in [0.15, 0.2) is 34.1 Å². The third kappa shape index (κ3) is 4.26. The van der Waals surface area contributed by atoms with Crippen molar-refractivity contribution in [2.24, 2.45) is 0 Å². The molecule has 0 spiro atoms. The van der Waals surface area contributed by atoms with Gasteiger partial charge in [0.15, 0.2) is 11.6 Å². The summed E-state index contributed by atoms with van der Waals surface area (Å²) in [4.78, 5) is 22.0. The second-order valence-corrected chi connectivity index (χ2v) is 7.98. The largest absolute Gasteiger partial charge is 1.00 e. The second-order valence-electron chi connectivity index (χ2n) is 5.35. The summed E-state index contributed by atoms with van der Waals surface area (Å²) >= 11 is 0. The maximum Gasteiger partial charge on any atom is 1.00 e. The fourth-order valence-electron chi connectivity index (χ4n) is 2.86. The Balaban J connectivity index is 0.00000196. The SMILES string of the molecule is Nc1c2c(c(N)c(S(=O)(=O)[O-])c1S(=O)(=O)[O-])C(=O)c1ccccc1C2=O.[K+].[K+]. The molecule has 0 amide bonds. The first kappa shape index (κ1) is 26.5. The molecule has 0 aliphatic heterocycles. The van der Waals surface area contributed by atoms with Gasteiger partial charge in [-0.05, 0) is 0 Å². The van der Waals surface area contributed by atoms with Crippen LogP contribution in [0.5, 0.6) is 0 Å². The molecule has 3 rings (SSSR count). The van der Waals surface area contributed by atoms with E-state index in [1.807, 2.05) is 0 Å². The number of ketones is 2. The number of benzene rings is 2. The molecule has 0 saturated carbocycles. The predicted molar refractivity (Wildman–Crippen MR) is 84.5 cm³/mol. The minimum Gasteiger partial charge on any atom is -0.744 e. The number of nitrogens with two attached hydrogens (primary N) is 2. The van der Waals surface area contributed by atoms with Gasteiger partial charge in [0.25, 0.3) is 0 Å². The van der Waals surface area contributed by atoms with E-state index in [1.54, 1.807) is 0 Å². The molecule has 28 heavy (non-hydrogen) atoms. The van der Waals surface area contributed by atoms with Gasteiger partial charge in [-0.15, -0.1) is 0 Å². The van der Waals surface area contributed by atoms with Crippen molar-refractivity contribution in [3.63, 3.8) is 0 Å². The van der Waals surface area contributed by atoms with Crippen molar-refractivity contribution in [2.75, 3.05) is 11.5 Å². The molecule has 4 N–H and O–H groups in total. The first-order valence-electron chi connectivity index (χ1n) is 6.72. The van der Waals surface area contributed by atoms with Crippen LogP contribution in [0.2, 0.25) is 0 Å². The van der Waals surface area contributed by atoms with E-state index in [0.29, 0.717) is 0 Å². The molecule has 0 heterocycles. The van der Waals surface area contributed by atoms with Crippen LogP contribution in [0.3, 0.4) is 0 Å². The van der Waals surface area contributed by atoms with Crippen LogP contribution in [0.25, 0.3) is 0 Å². The summed E-state index contributed by atoms with van der Waals surface area (Å²) < 4.78 is 69.0. The van der Waals surface area contributed by atoms with Gasteiger partial charge in [0, 0.05) is 11.1 Å². The number of nitrogen functional groups attached to an aromatic ring is 2. The standard InChI is InChI=1S/C14H10N2O8S2.2K/c15-9-7-8(12(18)6-4-2-1-3-5(6)11(7)17)10(16)14(26(22,23)24)13(9)25(19,20)21;;/h1-4H,15-16H2,(H,19,20,21)(H,22,23,24);;/q;2*+1/p-2. The van der Waals surface area contributed by atoms with E-state index in [0.717, 1.165) is 0 Å². The molecular weight excluding hydrogens is 466 g/mol. The van der Waals surface area contributed by atoms with Crippen LogP contribution in [0, 0.1) is 0 Å². The van der Waals surface area contributed by atoms with Crippen LogP contribution in [-0.2, 0) is 20.2 Å². The van der Waals surface area contributed by atoms with E-state index in [1.165, 1.54) is 24.3 Å². The van der Waals surface area contributed by atoms with Crippen molar-refractivity contribution >= 4 is 43.2 Å². The average Bonchev–Trinajstić information content (AvgIpc) is 2.51. The molecule has 1 aliphatic rings. The van der Waals surface area contributed by atoms with Crippen LogP contribution in [0.4, 0.5) is 11.4 Å². The van der Waals surface area contributed by atoms with Crippen molar-refractivity contribution in [2.45, 2.75) is 9.79 Å². The minimum atomic E-state index is -5.62. The monoisotopic (exact) mass is 474 g/mol. The zero-order valence-electron chi connectivity index (χ0n) is 14.5. The smallest absolute Gasteiger partial charge is 0.744 e. The Morgan fingerprint density at radius 2 is 0.964 bits per heavy atom. The molecule has 1 aliphatic carbocycles. The molecule has 10 nitrogen and oxygen atoms in total. The third-order valence-corrected chi connectivity index (χ3v) is 5.83. The normalized spacial score (nSPS) is 13.1. The van der Waals surface area contributed by atoms with E-state index in [2.05, 4.69) is 0 Å². The summed E-state index contributed by atoms with van der Waals surface area (Å²) in [6, 6.07) is 5.38. The maximum atomic E-state index is 12.7. The van der Waals surface area contributed by atoms with E-state index < -0.39 is 64.1 Å². The molecule has 136 valence electrons. The quantitative estimate of drug-likeness (QED) is 0.204. The van der Waals surface area contributed by atoms with Crippen molar-refractivity contribution in [3.05, 3.63) is 46.5 Å². The minimum absolute atomic E-state index is 0. The van der Waals surface area contributed by atoms with Crippen LogP contribution >= 0.6 is 0 Å². The Bertz CT molecular complexity index is 1140. The summed E-state index contributed by atoms with van der Waals surface area (Å²) in [5.41, 5.74) is 7.17. The van der Waals surface area contributed by atoms with E-state index in [9.17, 15) is 35.5 Å². The van der Waals surface area contributed by atoms with E-state index in [-0.39, 0.29) is 114 Å². The zero-order valence-corrected chi connectivity index (χ0v) is 22.4. The Hall–Kier alpha value is 0.473. The van der Waals surface area contributed by atoms with E-state index >= 15 is 0 Å². The van der Waals surface area contributed by atoms with Gasteiger partial charge in [-0.3, -0.25) is 9.59 Å². The number of fused-ring (bicyclic) bond motifs is 2. The third-order valence-electron chi connectivity index (χ3n) is 3.85. The Morgan fingerprint density at radius 3 is 1.21 bits per heavy atom. The van der Waals surface area contributed by atoms with Crippen molar-refractivity contribution in [1.82, 2.24) is 0 Å². The van der Waals surface area contributed by atoms with Gasteiger partial charge in [-0.1, -0.05) is 24.3 Å². The van der Waals surface area contributed by atoms with Gasteiger partial charge < -0.3 is 20.6 Å². The van der Waals surface area contributed by atoms with Crippen molar-refractivity contribution in [1.29, 1.82) is 0 Å². The van der Waals surface area contributed by atoms with Gasteiger partial charge in [0.2, 0.25) is 0 Å². The maximum absolute atomic E-state index is 12.7. The second kappa shape index (κ2) is 8.91. The molecule has 0 atom stereocenters. The number of anilines is 2. The van der Waals surface area contributed by atoms with Gasteiger partial charge >= 0.3 is 103 Å². The fraction of sp³-hybridized carbons (Fsp3) is 0. The fourth-order valence-corrected chi connectivity index (χ4v) is 4.89. The summed E-state index contributed by atoms with van der Waals surface area (Å²) in [5.74, 6) is -1.86. The van der Waals surface area contributed by atoms with Crippen LogP contribution in [0.1, 0.15) is 31.8 Å². The molecule has 0 radical (unpaired) electrons. The summed E-state index contributed by atoms with van der Waals surface area (Å²) in [6.45, 7) is 0. The average molecular weight is 475 g/mol. The first-order chi connectivity index (χ1) is 11.9. The molecule has 2 aromatic rings. The molecule has 0 fully saturated rings. The Labute approximate surface area is 244 Å². The molecule has 0 aromatic heterocycles. The molecule has 2 aromatic carbocycles. The van der Waals surface area contributed by atoms with Crippen LogP contribution in [-0.4, -0.2) is 37.5 Å². The zero-order chi connectivity index (χ0) is 19.6. The van der Waals surface area contributed by atoms with Gasteiger partial charge in [0.1, 0.15) is 20.2 Å². The summed E-state index contributed by atoms with van der Waals surface area (Å²) in [7, 11) is -11.2. The number of hydrogen-bond donors (Lipinski definition) is 2. The summed E-state index contributed by atoms with van der Waals surface area (Å²) in [6.07, 6.45) is 0. The first-order valence-corrected chi connectivity index (χ1v) is 9.54. The van der Waals surface area contributed by atoms with Crippen molar-refractivity contribution in [3.8, 4) is 0 Å². The van der Waals surface area contributed by atoms with Gasteiger partial charge in [0.05, 0.1) is 32.3 Å². The summed E-state index contributed by atoms with van der Waals surface area (Å²) in [5, 5.41) is 0. The number of rotatable bonds is 2. The number of carbonyl (C=O) groups excluding carboxylic acids is 2. The molecule has 0 unspecified atom stereocenters. The van der Waals surface area contributed by atoms with Gasteiger partial charge in [-0.2, -0.15) is 0 Å². The molecule has 14 heteroatoms. The predicted octanol–water partition coefficient (Wildman–Crippen LogP) is -6.56.